The number of halogens is 5. The molecular weight excluding hydrogens is 441 g/mol. The number of nitrogens with zero attached hydrogens (tertiary/aromatic N) is 4. The van der Waals surface area contributed by atoms with Gasteiger partial charge in [-0.25, -0.2) is 13.5 Å². The van der Waals surface area contributed by atoms with Crippen molar-refractivity contribution in [1.29, 1.82) is 0 Å². The number of aromatic nitrogens is 4. The maximum atomic E-state index is 14.5. The highest BCUT2D eigenvalue weighted by molar-refractivity contribution is 5.91. The Labute approximate surface area is 184 Å². The summed E-state index contributed by atoms with van der Waals surface area (Å²) < 4.78 is 69.4. The van der Waals surface area contributed by atoms with E-state index < -0.39 is 23.5 Å². The maximum absolute atomic E-state index is 14.5. The van der Waals surface area contributed by atoms with E-state index in [0.29, 0.717) is 46.6 Å². The summed E-state index contributed by atoms with van der Waals surface area (Å²) in [5.74, 6) is -1.12. The van der Waals surface area contributed by atoms with Gasteiger partial charge >= 0.3 is 6.18 Å². The lowest BCUT2D eigenvalue weighted by molar-refractivity contribution is -0.141. The molecular formula is C23H16F5N5. The first-order valence-electron chi connectivity index (χ1n) is 10.1. The van der Waals surface area contributed by atoms with E-state index in [1.165, 1.54) is 36.8 Å². The number of alkyl halides is 3. The van der Waals surface area contributed by atoms with Crippen molar-refractivity contribution in [2.75, 3.05) is 11.9 Å². The van der Waals surface area contributed by atoms with Gasteiger partial charge in [-0.3, -0.25) is 9.97 Å². The van der Waals surface area contributed by atoms with Crippen LogP contribution in [0.1, 0.15) is 23.9 Å². The molecule has 0 bridgehead atoms. The Balaban J connectivity index is 1.82. The van der Waals surface area contributed by atoms with E-state index in [-0.39, 0.29) is 5.69 Å². The molecule has 4 aromatic rings. The first-order valence-corrected chi connectivity index (χ1v) is 10.1. The molecule has 1 aliphatic carbocycles. The van der Waals surface area contributed by atoms with Crippen molar-refractivity contribution in [1.82, 2.24) is 19.7 Å². The Morgan fingerprint density at radius 3 is 2.55 bits per heavy atom. The fourth-order valence-electron chi connectivity index (χ4n) is 4.13. The lowest BCUT2D eigenvalue weighted by atomic mass is 9.99. The number of hydrogen-bond acceptors (Lipinski definition) is 4. The van der Waals surface area contributed by atoms with Crippen molar-refractivity contribution in [2.24, 2.45) is 0 Å². The second-order valence-corrected chi connectivity index (χ2v) is 7.56. The molecule has 0 amide bonds. The molecule has 5 nitrogen and oxygen atoms in total. The molecule has 0 fully saturated rings. The molecule has 1 aromatic carbocycles. The third-order valence-corrected chi connectivity index (χ3v) is 5.45. The van der Waals surface area contributed by atoms with E-state index in [2.05, 4.69) is 20.4 Å². The van der Waals surface area contributed by atoms with E-state index in [1.54, 1.807) is 0 Å². The largest absolute Gasteiger partial charge is 0.435 e. The van der Waals surface area contributed by atoms with Gasteiger partial charge in [-0.15, -0.1) is 0 Å². The van der Waals surface area contributed by atoms with Crippen LogP contribution in [0.15, 0.2) is 49.1 Å². The Morgan fingerprint density at radius 1 is 1.03 bits per heavy atom. The predicted molar refractivity (Wildman–Crippen MR) is 112 cm³/mol. The minimum atomic E-state index is -4.65. The van der Waals surface area contributed by atoms with E-state index in [4.69, 9.17) is 0 Å². The highest BCUT2D eigenvalue weighted by Gasteiger charge is 2.35. The Kier molecular flexibility index (Phi) is 4.88. The number of nitrogens with one attached hydrogen (secondary N) is 1. The van der Waals surface area contributed by atoms with Crippen molar-refractivity contribution in [3.8, 4) is 27.9 Å². The molecule has 0 atom stereocenters. The molecule has 0 unspecified atom stereocenters. The van der Waals surface area contributed by atoms with Gasteiger partial charge in [0.05, 0.1) is 17.6 Å². The third kappa shape index (κ3) is 3.61. The zero-order valence-electron chi connectivity index (χ0n) is 17.2. The van der Waals surface area contributed by atoms with Gasteiger partial charge < -0.3 is 5.32 Å². The van der Waals surface area contributed by atoms with Gasteiger partial charge in [-0.1, -0.05) is 0 Å². The minimum Gasteiger partial charge on any atom is -0.385 e. The fraction of sp³-hybridized carbons (Fsp3) is 0.174. The van der Waals surface area contributed by atoms with Gasteiger partial charge in [0.1, 0.15) is 11.6 Å². The molecule has 0 aliphatic heterocycles. The molecule has 5 rings (SSSR count). The first-order chi connectivity index (χ1) is 15.8. The zero-order chi connectivity index (χ0) is 23.3. The molecule has 0 saturated heterocycles. The topological polar surface area (TPSA) is 55.6 Å². The molecule has 3 aromatic heterocycles. The molecule has 168 valence electrons. The number of hydrogen-bond donors (Lipinski definition) is 1. The molecule has 3 heterocycles. The standard InChI is InChI=1S/C23H16F5N5/c1-2-30-18-7-13(24)6-16-15(18)8-19-21(16)22(33-4-3-20(32-33)23(26,27)28)17(11-31-19)12-5-14(25)10-29-9-12/h3-7,9-11,30H,2,8H2,1H3. The SMILES string of the molecule is CCNc1cc(F)cc2c1Cc1ncc(-c3cncc(F)c3)c(-n3ccc(C(F)(F)F)n3)c1-2. The van der Waals surface area contributed by atoms with Crippen LogP contribution in [0, 0.1) is 11.6 Å². The first kappa shape index (κ1) is 21.0. The van der Waals surface area contributed by atoms with Crippen molar-refractivity contribution in [3.05, 3.63) is 77.6 Å². The normalized spacial score (nSPS) is 12.5. The third-order valence-electron chi connectivity index (χ3n) is 5.45. The quantitative estimate of drug-likeness (QED) is 0.356. The average Bonchev–Trinajstić information content (AvgIpc) is 3.39. The molecule has 33 heavy (non-hydrogen) atoms. The zero-order valence-corrected chi connectivity index (χ0v) is 17.2. The van der Waals surface area contributed by atoms with Crippen LogP contribution in [-0.2, 0) is 12.6 Å². The monoisotopic (exact) mass is 457 g/mol. The molecule has 1 N–H and O–H groups in total. The summed E-state index contributed by atoms with van der Waals surface area (Å²) >= 11 is 0. The summed E-state index contributed by atoms with van der Waals surface area (Å²) in [5, 5.41) is 6.85. The van der Waals surface area contributed by atoms with Crippen molar-refractivity contribution < 1.29 is 22.0 Å². The predicted octanol–water partition coefficient (Wildman–Crippen LogP) is 5.63. The number of fused-ring (bicyclic) bond motifs is 3. The minimum absolute atomic E-state index is 0.245. The average molecular weight is 457 g/mol. The van der Waals surface area contributed by atoms with E-state index in [1.807, 2.05) is 6.92 Å². The Hall–Kier alpha value is -3.82. The highest BCUT2D eigenvalue weighted by atomic mass is 19.4. The molecule has 1 aliphatic rings. The second-order valence-electron chi connectivity index (χ2n) is 7.56. The van der Waals surface area contributed by atoms with E-state index in [0.717, 1.165) is 22.5 Å². The molecule has 0 saturated carbocycles. The number of pyridine rings is 2. The van der Waals surface area contributed by atoms with Crippen molar-refractivity contribution in [3.63, 3.8) is 0 Å². The smallest absolute Gasteiger partial charge is 0.385 e. The van der Waals surface area contributed by atoms with Crippen LogP contribution in [0.2, 0.25) is 0 Å². The number of anilines is 1. The van der Waals surface area contributed by atoms with Crippen molar-refractivity contribution >= 4 is 5.69 Å². The van der Waals surface area contributed by atoms with E-state index in [9.17, 15) is 22.0 Å². The second kappa shape index (κ2) is 7.65. The Bertz CT molecular complexity index is 1380. The Morgan fingerprint density at radius 2 is 1.85 bits per heavy atom. The van der Waals surface area contributed by atoms with Gasteiger partial charge in [0.25, 0.3) is 0 Å². The van der Waals surface area contributed by atoms with Gasteiger partial charge in [0, 0.05) is 53.9 Å². The summed E-state index contributed by atoms with van der Waals surface area (Å²) in [5.41, 5.74) is 2.65. The lowest BCUT2D eigenvalue weighted by Crippen LogP contribution is -2.09. The van der Waals surface area contributed by atoms with E-state index >= 15 is 0 Å². The van der Waals surface area contributed by atoms with Crippen LogP contribution in [0.4, 0.5) is 27.6 Å². The number of benzene rings is 1. The molecule has 0 radical (unpaired) electrons. The van der Waals surface area contributed by atoms with Gasteiger partial charge in [-0.05, 0) is 42.3 Å². The van der Waals surface area contributed by atoms with Crippen LogP contribution >= 0.6 is 0 Å². The van der Waals surface area contributed by atoms with Crippen LogP contribution in [0.25, 0.3) is 27.9 Å². The number of rotatable bonds is 4. The van der Waals surface area contributed by atoms with Crippen LogP contribution < -0.4 is 5.32 Å². The lowest BCUT2D eigenvalue weighted by Gasteiger charge is -2.16. The van der Waals surface area contributed by atoms with Crippen LogP contribution in [-0.4, -0.2) is 26.3 Å². The van der Waals surface area contributed by atoms with Crippen molar-refractivity contribution in [2.45, 2.75) is 19.5 Å². The van der Waals surface area contributed by atoms with Gasteiger partial charge in [-0.2, -0.15) is 18.3 Å². The summed E-state index contributed by atoms with van der Waals surface area (Å²) in [6, 6.07) is 4.77. The molecule has 10 heteroatoms. The summed E-state index contributed by atoms with van der Waals surface area (Å²) in [6.07, 6.45) is 0.744. The molecule has 0 spiro atoms. The van der Waals surface area contributed by atoms with Crippen LogP contribution in [0.3, 0.4) is 0 Å². The summed E-state index contributed by atoms with van der Waals surface area (Å²) in [7, 11) is 0. The highest BCUT2D eigenvalue weighted by Crippen LogP contribution is 2.46. The summed E-state index contributed by atoms with van der Waals surface area (Å²) in [6.45, 7) is 2.43. The van der Waals surface area contributed by atoms with Gasteiger partial charge in [0.2, 0.25) is 0 Å². The summed E-state index contributed by atoms with van der Waals surface area (Å²) in [4.78, 5) is 8.34. The van der Waals surface area contributed by atoms with Crippen LogP contribution in [0.5, 0.6) is 0 Å². The van der Waals surface area contributed by atoms with Gasteiger partial charge in [0.15, 0.2) is 5.69 Å². The fourth-order valence-corrected chi connectivity index (χ4v) is 4.13. The maximum Gasteiger partial charge on any atom is 0.435 e.